The van der Waals surface area contributed by atoms with Crippen molar-refractivity contribution in [2.75, 3.05) is 5.32 Å². The Morgan fingerprint density at radius 1 is 1.22 bits per heavy atom. The Kier molecular flexibility index (Phi) is 3.07. The third-order valence-corrected chi connectivity index (χ3v) is 3.79. The fourth-order valence-corrected chi connectivity index (χ4v) is 2.50. The zero-order chi connectivity index (χ0) is 16.0. The lowest BCUT2D eigenvalue weighted by atomic mass is 10.2. The first-order chi connectivity index (χ1) is 11.1. The van der Waals surface area contributed by atoms with Crippen LogP contribution in [-0.4, -0.2) is 20.5 Å². The minimum absolute atomic E-state index is 0.0837. The highest BCUT2D eigenvalue weighted by Gasteiger charge is 2.28. The van der Waals surface area contributed by atoms with Crippen LogP contribution in [0.5, 0.6) is 0 Å². The van der Waals surface area contributed by atoms with Gasteiger partial charge in [-0.1, -0.05) is 0 Å². The van der Waals surface area contributed by atoms with Gasteiger partial charge < -0.3 is 5.32 Å². The summed E-state index contributed by atoms with van der Waals surface area (Å²) in [5, 5.41) is 6.63. The summed E-state index contributed by atoms with van der Waals surface area (Å²) in [6, 6.07) is 6.37. The van der Waals surface area contributed by atoms with Crippen molar-refractivity contribution in [3.8, 4) is 0 Å². The van der Waals surface area contributed by atoms with Gasteiger partial charge in [0.2, 0.25) is 0 Å². The Morgan fingerprint density at radius 2 is 2.04 bits per heavy atom. The lowest BCUT2D eigenvalue weighted by molar-refractivity contribution is 0.102. The summed E-state index contributed by atoms with van der Waals surface area (Å²) in [6.45, 7) is 0. The fraction of sp³-hybridized carbons (Fsp3) is 0.188. The smallest absolute Gasteiger partial charge is 0.274 e. The quantitative estimate of drug-likeness (QED) is 0.808. The van der Waals surface area contributed by atoms with Gasteiger partial charge in [0.25, 0.3) is 5.91 Å². The first-order valence-electron chi connectivity index (χ1n) is 7.23. The number of carbonyl (C=O) groups is 1. The van der Waals surface area contributed by atoms with E-state index in [4.69, 9.17) is 0 Å². The molecule has 1 N–H and O–H groups in total. The van der Waals surface area contributed by atoms with E-state index in [0.29, 0.717) is 11.6 Å². The van der Waals surface area contributed by atoms with Crippen LogP contribution in [0.3, 0.4) is 0 Å². The summed E-state index contributed by atoms with van der Waals surface area (Å²) in [5.41, 5.74) is 1.59. The molecule has 1 aromatic carbocycles. The molecule has 0 spiro atoms. The van der Waals surface area contributed by atoms with Gasteiger partial charge in [-0.25, -0.2) is 18.3 Å². The topological polar surface area (TPSA) is 59.3 Å². The number of carbonyl (C=O) groups excluding carboxylic acids is 1. The largest absolute Gasteiger partial charge is 0.318 e. The predicted molar refractivity (Wildman–Crippen MR) is 79.3 cm³/mol. The van der Waals surface area contributed by atoms with Crippen LogP contribution in [0.2, 0.25) is 0 Å². The van der Waals surface area contributed by atoms with Crippen LogP contribution in [-0.2, 0) is 0 Å². The standard InChI is InChI=1S/C16H12F2N4O/c17-10-3-4-12(11(18)7-10)21-16(23)13-8-14(9-1-2-9)22-15(20-13)5-6-19-22/h3-9H,1-2H2,(H,21,23). The number of nitrogens with one attached hydrogen (secondary N) is 1. The molecule has 1 amide bonds. The molecule has 5 nitrogen and oxygen atoms in total. The highest BCUT2D eigenvalue weighted by atomic mass is 19.1. The van der Waals surface area contributed by atoms with Gasteiger partial charge in [0, 0.05) is 23.7 Å². The van der Waals surface area contributed by atoms with Crippen molar-refractivity contribution in [2.45, 2.75) is 18.8 Å². The molecule has 0 atom stereocenters. The van der Waals surface area contributed by atoms with E-state index in [9.17, 15) is 13.6 Å². The summed E-state index contributed by atoms with van der Waals surface area (Å²) in [6.07, 6.45) is 3.72. The molecule has 2 heterocycles. The maximum atomic E-state index is 13.7. The lowest BCUT2D eigenvalue weighted by Crippen LogP contribution is -2.16. The molecule has 2 aromatic heterocycles. The van der Waals surface area contributed by atoms with Crippen molar-refractivity contribution in [3.05, 3.63) is 59.6 Å². The van der Waals surface area contributed by atoms with Crippen LogP contribution in [0, 0.1) is 11.6 Å². The number of aromatic nitrogens is 3. The minimum Gasteiger partial charge on any atom is -0.318 e. The van der Waals surface area contributed by atoms with Gasteiger partial charge in [-0.2, -0.15) is 5.10 Å². The number of rotatable bonds is 3. The molecule has 23 heavy (non-hydrogen) atoms. The summed E-state index contributed by atoms with van der Waals surface area (Å²) < 4.78 is 28.3. The average molecular weight is 314 g/mol. The molecule has 0 bridgehead atoms. The Labute approximate surface area is 130 Å². The zero-order valence-corrected chi connectivity index (χ0v) is 12.0. The van der Waals surface area contributed by atoms with Gasteiger partial charge in [0.05, 0.1) is 11.9 Å². The summed E-state index contributed by atoms with van der Waals surface area (Å²) in [7, 11) is 0. The third kappa shape index (κ3) is 2.54. The molecular formula is C16H12F2N4O. The zero-order valence-electron chi connectivity index (χ0n) is 12.0. The van der Waals surface area contributed by atoms with E-state index in [1.165, 1.54) is 6.07 Å². The van der Waals surface area contributed by atoms with Gasteiger partial charge in [0.1, 0.15) is 17.3 Å². The van der Waals surface area contributed by atoms with Crippen molar-refractivity contribution in [1.29, 1.82) is 0 Å². The predicted octanol–water partition coefficient (Wildman–Crippen LogP) is 3.14. The normalized spacial score (nSPS) is 14.2. The molecule has 0 aliphatic heterocycles. The van der Waals surface area contributed by atoms with E-state index in [1.54, 1.807) is 22.8 Å². The average Bonchev–Trinajstić information content (AvgIpc) is 3.26. The van der Waals surface area contributed by atoms with Gasteiger partial charge in [-0.15, -0.1) is 0 Å². The lowest BCUT2D eigenvalue weighted by Gasteiger charge is -2.09. The van der Waals surface area contributed by atoms with Gasteiger partial charge in [0.15, 0.2) is 5.65 Å². The van der Waals surface area contributed by atoms with Crippen molar-refractivity contribution in [2.24, 2.45) is 0 Å². The highest BCUT2D eigenvalue weighted by molar-refractivity contribution is 6.03. The Hall–Kier alpha value is -2.83. The van der Waals surface area contributed by atoms with Crippen LogP contribution in [0.4, 0.5) is 14.5 Å². The Morgan fingerprint density at radius 3 is 2.78 bits per heavy atom. The molecular weight excluding hydrogens is 302 g/mol. The van der Waals surface area contributed by atoms with E-state index >= 15 is 0 Å². The van der Waals surface area contributed by atoms with Crippen molar-refractivity contribution in [3.63, 3.8) is 0 Å². The van der Waals surface area contributed by atoms with Crippen molar-refractivity contribution < 1.29 is 13.6 Å². The Bertz CT molecular complexity index is 918. The Balaban J connectivity index is 1.69. The first-order valence-corrected chi connectivity index (χ1v) is 7.23. The first kappa shape index (κ1) is 13.8. The molecule has 1 fully saturated rings. The molecule has 116 valence electrons. The number of halogens is 2. The van der Waals surface area contributed by atoms with Crippen LogP contribution in [0.25, 0.3) is 5.65 Å². The number of nitrogens with zero attached hydrogens (tertiary/aromatic N) is 3. The minimum atomic E-state index is -0.828. The van der Waals surface area contributed by atoms with E-state index in [0.717, 1.165) is 30.7 Å². The number of anilines is 1. The van der Waals surface area contributed by atoms with Crippen LogP contribution in [0.15, 0.2) is 36.5 Å². The second kappa shape index (κ2) is 5.12. The molecule has 4 rings (SSSR count). The van der Waals surface area contributed by atoms with Crippen molar-refractivity contribution in [1.82, 2.24) is 14.6 Å². The van der Waals surface area contributed by atoms with E-state index in [-0.39, 0.29) is 11.4 Å². The fourth-order valence-electron chi connectivity index (χ4n) is 2.50. The number of hydrogen-bond acceptors (Lipinski definition) is 3. The van der Waals surface area contributed by atoms with E-state index in [1.807, 2.05) is 0 Å². The van der Waals surface area contributed by atoms with Crippen molar-refractivity contribution >= 4 is 17.2 Å². The van der Waals surface area contributed by atoms with Gasteiger partial charge >= 0.3 is 0 Å². The van der Waals surface area contributed by atoms with Crippen LogP contribution < -0.4 is 5.32 Å². The van der Waals surface area contributed by atoms with Gasteiger partial charge in [-0.3, -0.25) is 4.79 Å². The van der Waals surface area contributed by atoms with E-state index in [2.05, 4.69) is 15.4 Å². The molecule has 0 unspecified atom stereocenters. The maximum absolute atomic E-state index is 13.7. The molecule has 0 radical (unpaired) electrons. The number of benzene rings is 1. The molecule has 0 saturated heterocycles. The van der Waals surface area contributed by atoms with Crippen LogP contribution >= 0.6 is 0 Å². The second-order valence-corrected chi connectivity index (χ2v) is 5.52. The SMILES string of the molecule is O=C(Nc1ccc(F)cc1F)c1cc(C2CC2)n2nccc2n1. The maximum Gasteiger partial charge on any atom is 0.274 e. The molecule has 7 heteroatoms. The summed E-state index contributed by atoms with van der Waals surface area (Å²) in [5.74, 6) is -1.70. The molecule has 3 aromatic rings. The molecule has 1 aliphatic carbocycles. The molecule has 1 saturated carbocycles. The number of hydrogen-bond donors (Lipinski definition) is 1. The monoisotopic (exact) mass is 314 g/mol. The highest BCUT2D eigenvalue weighted by Crippen LogP contribution is 2.40. The summed E-state index contributed by atoms with van der Waals surface area (Å²) in [4.78, 5) is 16.6. The third-order valence-electron chi connectivity index (χ3n) is 3.79. The second-order valence-electron chi connectivity index (χ2n) is 5.52. The molecule has 1 aliphatic rings. The number of amides is 1. The van der Waals surface area contributed by atoms with Crippen LogP contribution in [0.1, 0.15) is 34.9 Å². The van der Waals surface area contributed by atoms with E-state index < -0.39 is 17.5 Å². The van der Waals surface area contributed by atoms with Gasteiger partial charge in [-0.05, 0) is 31.0 Å². The number of fused-ring (bicyclic) bond motifs is 1. The summed E-state index contributed by atoms with van der Waals surface area (Å²) >= 11 is 0.